The van der Waals surface area contributed by atoms with Gasteiger partial charge in [-0.15, -0.1) is 0 Å². The molecule has 0 aliphatic carbocycles. The Balaban J connectivity index is 1.68. The molecule has 2 heterocycles. The van der Waals surface area contributed by atoms with E-state index in [9.17, 15) is 17.8 Å². The molecule has 0 amide bonds. The number of alkyl halides is 2. The number of esters is 1. The van der Waals surface area contributed by atoms with Crippen LogP contribution in [0.5, 0.6) is 5.75 Å². The van der Waals surface area contributed by atoms with E-state index in [-0.39, 0.29) is 12.2 Å². The van der Waals surface area contributed by atoms with Gasteiger partial charge in [-0.25, -0.2) is 9.37 Å². The van der Waals surface area contributed by atoms with Gasteiger partial charge in [0.05, 0.1) is 17.1 Å². The van der Waals surface area contributed by atoms with E-state index in [1.54, 1.807) is 59.4 Å². The van der Waals surface area contributed by atoms with Crippen LogP contribution in [0.2, 0.25) is 0 Å². The predicted octanol–water partition coefficient (Wildman–Crippen LogP) is 5.78. The Kier molecular flexibility index (Phi) is 6.29. The van der Waals surface area contributed by atoms with E-state index >= 15 is 4.39 Å². The number of ether oxygens (including phenoxy) is 2. The van der Waals surface area contributed by atoms with Gasteiger partial charge in [-0.2, -0.15) is 8.78 Å². The fourth-order valence-corrected chi connectivity index (χ4v) is 5.20. The van der Waals surface area contributed by atoms with Crippen molar-refractivity contribution >= 4 is 27.8 Å². The summed E-state index contributed by atoms with van der Waals surface area (Å²) in [6, 6.07) is 15.5. The molecule has 0 spiro atoms. The summed E-state index contributed by atoms with van der Waals surface area (Å²) < 4.78 is 65.2. The lowest BCUT2D eigenvalue weighted by atomic mass is 10.0. The van der Waals surface area contributed by atoms with Crippen LogP contribution >= 0.6 is 0 Å². The third-order valence-electron chi connectivity index (χ3n) is 6.14. The average Bonchev–Trinajstić information content (AvgIpc) is 3.35. The second kappa shape index (κ2) is 9.42. The van der Waals surface area contributed by atoms with Crippen molar-refractivity contribution in [2.45, 2.75) is 37.0 Å². The van der Waals surface area contributed by atoms with E-state index in [4.69, 9.17) is 9.47 Å². The molecule has 186 valence electrons. The number of carbonyl (C=O) groups is 1. The van der Waals surface area contributed by atoms with Gasteiger partial charge in [0.1, 0.15) is 11.6 Å². The van der Waals surface area contributed by atoms with Crippen LogP contribution < -0.4 is 4.74 Å². The van der Waals surface area contributed by atoms with Gasteiger partial charge in [0.25, 0.3) is 0 Å². The highest BCUT2D eigenvalue weighted by Crippen LogP contribution is 2.46. The summed E-state index contributed by atoms with van der Waals surface area (Å²) >= 11 is 0. The maximum atomic E-state index is 15.2. The molecule has 3 atom stereocenters. The van der Waals surface area contributed by atoms with Crippen LogP contribution in [0.3, 0.4) is 0 Å². The third kappa shape index (κ3) is 4.37. The Morgan fingerprint density at radius 1 is 1.14 bits per heavy atom. The number of benzene rings is 3. The molecule has 0 saturated carbocycles. The number of halogens is 3. The normalized spacial score (nSPS) is 17.8. The van der Waals surface area contributed by atoms with Crippen LogP contribution in [0, 0.1) is 5.82 Å². The van der Waals surface area contributed by atoms with Crippen molar-refractivity contribution in [3.8, 4) is 16.9 Å². The Bertz CT molecular complexity index is 1490. The van der Waals surface area contributed by atoms with Gasteiger partial charge in [0, 0.05) is 52.5 Å². The van der Waals surface area contributed by atoms with Crippen molar-refractivity contribution in [1.82, 2.24) is 9.55 Å². The van der Waals surface area contributed by atoms with Crippen molar-refractivity contribution in [1.29, 1.82) is 0 Å². The molecule has 1 aromatic heterocycles. The summed E-state index contributed by atoms with van der Waals surface area (Å²) in [6.45, 7) is -1.74. The first kappa shape index (κ1) is 24.1. The SMILES string of the molecule is CC(=O)OC1CC(c2ccccc2OC(F)F)n2c1nc1cc(F)c(-c3ccc(S(C)=O)cc3)cc12. The minimum absolute atomic E-state index is 0.000681. The van der Waals surface area contributed by atoms with Gasteiger partial charge in [0.15, 0.2) is 11.9 Å². The number of carbonyl (C=O) groups excluding carboxylic acids is 1. The molecule has 4 aromatic rings. The molecule has 0 fully saturated rings. The highest BCUT2D eigenvalue weighted by Gasteiger charge is 2.38. The smallest absolute Gasteiger partial charge is 0.387 e. The van der Waals surface area contributed by atoms with Crippen molar-refractivity contribution < 1.29 is 31.6 Å². The maximum absolute atomic E-state index is 15.2. The number of hydrogen-bond acceptors (Lipinski definition) is 5. The van der Waals surface area contributed by atoms with Crippen molar-refractivity contribution in [3.63, 3.8) is 0 Å². The molecular formula is C26H21F3N2O4S. The monoisotopic (exact) mass is 514 g/mol. The number of hydrogen-bond donors (Lipinski definition) is 0. The lowest BCUT2D eigenvalue weighted by molar-refractivity contribution is -0.146. The van der Waals surface area contributed by atoms with Crippen LogP contribution in [0.15, 0.2) is 65.6 Å². The van der Waals surface area contributed by atoms with Crippen LogP contribution in [0.1, 0.15) is 36.9 Å². The number of nitrogens with zero attached hydrogens (tertiary/aromatic N) is 2. The number of imidazole rings is 1. The number of fused-ring (bicyclic) bond motifs is 3. The first-order valence-corrected chi connectivity index (χ1v) is 12.6. The molecule has 6 nitrogen and oxygen atoms in total. The van der Waals surface area contributed by atoms with Crippen LogP contribution in [0.4, 0.5) is 13.2 Å². The highest BCUT2D eigenvalue weighted by molar-refractivity contribution is 7.84. The molecule has 36 heavy (non-hydrogen) atoms. The summed E-state index contributed by atoms with van der Waals surface area (Å²) in [5, 5.41) is 0. The Hall–Kier alpha value is -3.66. The molecular weight excluding hydrogens is 493 g/mol. The van der Waals surface area contributed by atoms with E-state index in [2.05, 4.69) is 4.98 Å². The second-order valence-electron chi connectivity index (χ2n) is 8.41. The summed E-state index contributed by atoms with van der Waals surface area (Å²) in [4.78, 5) is 16.9. The van der Waals surface area contributed by atoms with Crippen molar-refractivity contribution in [2.75, 3.05) is 6.26 Å². The molecule has 0 N–H and O–H groups in total. The molecule has 0 radical (unpaired) electrons. The minimum Gasteiger partial charge on any atom is -0.454 e. The zero-order valence-corrected chi connectivity index (χ0v) is 20.1. The molecule has 3 aromatic carbocycles. The quantitative estimate of drug-likeness (QED) is 0.305. The first-order chi connectivity index (χ1) is 17.2. The van der Waals surface area contributed by atoms with Gasteiger partial charge < -0.3 is 14.0 Å². The second-order valence-corrected chi connectivity index (χ2v) is 9.78. The molecule has 5 rings (SSSR count). The fraction of sp³-hybridized carbons (Fsp3) is 0.231. The zero-order chi connectivity index (χ0) is 25.6. The highest BCUT2D eigenvalue weighted by atomic mass is 32.2. The first-order valence-electron chi connectivity index (χ1n) is 11.1. The summed E-state index contributed by atoms with van der Waals surface area (Å²) in [6.07, 6.45) is 1.07. The molecule has 3 unspecified atom stereocenters. The van der Waals surface area contributed by atoms with Gasteiger partial charge >= 0.3 is 12.6 Å². The lowest BCUT2D eigenvalue weighted by Crippen LogP contribution is -2.11. The lowest BCUT2D eigenvalue weighted by Gasteiger charge is -2.19. The standard InChI is InChI=1S/C26H21F3N2O4S/c1-14(32)34-24-13-21(17-5-3-4-6-23(17)35-26(28)29)31-22-11-18(19(27)12-20(22)30-25(24)31)15-7-9-16(10-8-15)36(2)33/h3-12,21,24,26H,13H2,1-2H3. The van der Waals surface area contributed by atoms with Gasteiger partial charge in [-0.05, 0) is 29.8 Å². The Morgan fingerprint density at radius 3 is 2.53 bits per heavy atom. The van der Waals surface area contributed by atoms with E-state index in [1.165, 1.54) is 19.1 Å². The van der Waals surface area contributed by atoms with E-state index in [0.717, 1.165) is 0 Å². The zero-order valence-electron chi connectivity index (χ0n) is 19.3. The average molecular weight is 515 g/mol. The van der Waals surface area contributed by atoms with E-state index < -0.39 is 41.3 Å². The van der Waals surface area contributed by atoms with Crippen molar-refractivity contribution in [3.05, 3.63) is 77.9 Å². The minimum atomic E-state index is -3.02. The number of aromatic nitrogens is 2. The van der Waals surface area contributed by atoms with Crippen LogP contribution in [0.25, 0.3) is 22.2 Å². The third-order valence-corrected chi connectivity index (χ3v) is 7.08. The van der Waals surface area contributed by atoms with Gasteiger partial charge in [-0.3, -0.25) is 9.00 Å². The summed E-state index contributed by atoms with van der Waals surface area (Å²) in [5.41, 5.74) is 2.23. The molecule has 0 bridgehead atoms. The molecule has 1 aliphatic rings. The summed E-state index contributed by atoms with van der Waals surface area (Å²) in [5.74, 6) is -0.632. The fourth-order valence-electron chi connectivity index (χ4n) is 4.68. The predicted molar refractivity (Wildman–Crippen MR) is 128 cm³/mol. The number of rotatable bonds is 6. The molecule has 0 saturated heterocycles. The Labute approximate surface area is 207 Å². The van der Waals surface area contributed by atoms with Crippen molar-refractivity contribution in [2.24, 2.45) is 0 Å². The number of para-hydroxylation sites is 1. The summed E-state index contributed by atoms with van der Waals surface area (Å²) in [7, 11) is -1.17. The Morgan fingerprint density at radius 2 is 1.86 bits per heavy atom. The van der Waals surface area contributed by atoms with E-state index in [1.807, 2.05) is 0 Å². The topological polar surface area (TPSA) is 70.4 Å². The maximum Gasteiger partial charge on any atom is 0.387 e. The van der Waals surface area contributed by atoms with Gasteiger partial charge in [-0.1, -0.05) is 30.3 Å². The molecule has 1 aliphatic heterocycles. The molecule has 10 heteroatoms. The van der Waals surface area contributed by atoms with E-state index in [0.29, 0.717) is 38.4 Å². The van der Waals surface area contributed by atoms with Crippen LogP contribution in [-0.2, 0) is 20.3 Å². The van der Waals surface area contributed by atoms with Crippen LogP contribution in [-0.4, -0.2) is 32.6 Å². The van der Waals surface area contributed by atoms with Gasteiger partial charge in [0.2, 0.25) is 0 Å². The largest absolute Gasteiger partial charge is 0.454 e.